The lowest BCUT2D eigenvalue weighted by Crippen LogP contribution is -2.11. The van der Waals surface area contributed by atoms with E-state index in [0.29, 0.717) is 6.04 Å². The van der Waals surface area contributed by atoms with Crippen LogP contribution in [-0.2, 0) is 6.42 Å². The quantitative estimate of drug-likeness (QED) is 0.211. The Labute approximate surface area is 189 Å². The van der Waals surface area contributed by atoms with Gasteiger partial charge in [0.1, 0.15) is 5.82 Å². The van der Waals surface area contributed by atoms with Gasteiger partial charge < -0.3 is 0 Å². The smallest absolute Gasteiger partial charge is 0.126 e. The zero-order valence-corrected chi connectivity index (χ0v) is 21.1. The minimum absolute atomic E-state index is 0.103. The highest BCUT2D eigenvalue weighted by Gasteiger charge is 2.14. The van der Waals surface area contributed by atoms with E-state index < -0.39 is 0 Å². The van der Waals surface area contributed by atoms with Crippen molar-refractivity contribution < 1.29 is 4.39 Å². The Morgan fingerprint density at radius 2 is 1.83 bits per heavy atom. The number of benzene rings is 1. The maximum Gasteiger partial charge on any atom is 0.126 e. The molecule has 1 fully saturated rings. The number of aliphatic imine (C=N–C) groups is 1. The minimum Gasteiger partial charge on any atom is -0.281 e. The number of hydrogen-bond acceptors (Lipinski definition) is 2. The molecule has 1 atom stereocenters. The summed E-state index contributed by atoms with van der Waals surface area (Å²) in [6.07, 6.45) is 9.08. The lowest BCUT2D eigenvalue weighted by molar-refractivity contribution is 0.444. The zero-order valence-electron chi connectivity index (χ0n) is 19.1. The molecule has 4 heteroatoms. The summed E-state index contributed by atoms with van der Waals surface area (Å²) in [7, 11) is 2.77. The molecule has 30 heavy (non-hydrogen) atoms. The molecular weight excluding hydrogens is 408 g/mol. The third kappa shape index (κ3) is 7.50. The summed E-state index contributed by atoms with van der Waals surface area (Å²) < 4.78 is 13.9. The summed E-state index contributed by atoms with van der Waals surface area (Å²) in [5, 5.41) is 0. The molecule has 0 saturated heterocycles. The molecule has 1 saturated carbocycles. The molecule has 0 radical (unpaired) electrons. The lowest BCUT2D eigenvalue weighted by Gasteiger charge is -2.19. The summed E-state index contributed by atoms with van der Waals surface area (Å²) >= 11 is 1.69. The predicted molar refractivity (Wildman–Crippen MR) is 137 cm³/mol. The van der Waals surface area contributed by atoms with E-state index in [4.69, 9.17) is 4.99 Å². The van der Waals surface area contributed by atoms with Gasteiger partial charge in [-0.25, -0.2) is 4.39 Å². The van der Waals surface area contributed by atoms with Crippen molar-refractivity contribution in [3.8, 4) is 0 Å². The van der Waals surface area contributed by atoms with Crippen molar-refractivity contribution in [2.24, 2.45) is 4.99 Å². The standard InChI is InChI=1S/C26H37FNPS/c1-17-15-23(20(4)25(27)16-17)12-10-11-18(2)19(3)21(5)30-22(6)26(29)28-24-13-8-7-9-14-24/h15-16,24H,2,6-14,29H2,1,3-5H3/b21-19+,28-26?. The van der Waals surface area contributed by atoms with Crippen LogP contribution in [0.2, 0.25) is 0 Å². The van der Waals surface area contributed by atoms with E-state index in [1.54, 1.807) is 17.8 Å². The number of allylic oxidation sites excluding steroid dienone is 4. The van der Waals surface area contributed by atoms with Gasteiger partial charge in [-0.05, 0) is 93.0 Å². The van der Waals surface area contributed by atoms with Crippen LogP contribution in [-0.4, -0.2) is 11.5 Å². The van der Waals surface area contributed by atoms with E-state index in [2.05, 4.69) is 42.3 Å². The first-order valence-electron chi connectivity index (χ1n) is 11.0. The third-order valence-corrected chi connectivity index (χ3v) is 7.81. The Balaban J connectivity index is 1.90. The fourth-order valence-corrected chi connectivity index (χ4v) is 5.08. The van der Waals surface area contributed by atoms with Crippen LogP contribution in [0, 0.1) is 19.7 Å². The molecule has 1 unspecified atom stereocenters. The average molecular weight is 446 g/mol. The van der Waals surface area contributed by atoms with Crippen LogP contribution >= 0.6 is 21.0 Å². The number of halogens is 1. The van der Waals surface area contributed by atoms with Gasteiger partial charge in [0.2, 0.25) is 0 Å². The van der Waals surface area contributed by atoms with Gasteiger partial charge in [0.25, 0.3) is 0 Å². The van der Waals surface area contributed by atoms with Crippen LogP contribution in [0.3, 0.4) is 0 Å². The van der Waals surface area contributed by atoms with Crippen molar-refractivity contribution in [1.82, 2.24) is 0 Å². The van der Waals surface area contributed by atoms with Crippen LogP contribution < -0.4 is 0 Å². The molecule has 2 rings (SSSR count). The Morgan fingerprint density at radius 1 is 1.17 bits per heavy atom. The summed E-state index contributed by atoms with van der Waals surface area (Å²) in [6.45, 7) is 16.6. The zero-order chi connectivity index (χ0) is 22.3. The Bertz CT molecular complexity index is 847. The van der Waals surface area contributed by atoms with Gasteiger partial charge >= 0.3 is 0 Å². The van der Waals surface area contributed by atoms with Crippen LogP contribution in [0.25, 0.3) is 0 Å². The van der Waals surface area contributed by atoms with Crippen molar-refractivity contribution in [1.29, 1.82) is 0 Å². The first kappa shape index (κ1) is 25.1. The van der Waals surface area contributed by atoms with E-state index in [1.165, 1.54) is 42.6 Å². The largest absolute Gasteiger partial charge is 0.281 e. The van der Waals surface area contributed by atoms with Crippen molar-refractivity contribution in [2.45, 2.75) is 85.1 Å². The topological polar surface area (TPSA) is 12.4 Å². The normalized spacial score (nSPS) is 16.4. The minimum atomic E-state index is -0.103. The summed E-state index contributed by atoms with van der Waals surface area (Å²) in [6, 6.07) is 4.16. The maximum atomic E-state index is 13.9. The molecular formula is C26H37FNPS. The van der Waals surface area contributed by atoms with E-state index in [-0.39, 0.29) is 5.82 Å². The van der Waals surface area contributed by atoms with Gasteiger partial charge in [-0.2, -0.15) is 0 Å². The molecule has 164 valence electrons. The van der Waals surface area contributed by atoms with Crippen molar-refractivity contribution in [2.75, 3.05) is 0 Å². The van der Waals surface area contributed by atoms with Gasteiger partial charge in [-0.1, -0.05) is 65.1 Å². The van der Waals surface area contributed by atoms with E-state index in [0.717, 1.165) is 51.9 Å². The Kier molecular flexibility index (Phi) is 10.0. The number of nitrogens with zero attached hydrogens (tertiary/aromatic N) is 1. The molecule has 0 spiro atoms. The second-order valence-electron chi connectivity index (χ2n) is 8.50. The molecule has 1 aromatic carbocycles. The monoisotopic (exact) mass is 445 g/mol. The summed E-state index contributed by atoms with van der Waals surface area (Å²) in [4.78, 5) is 7.11. The van der Waals surface area contributed by atoms with Crippen molar-refractivity contribution >= 4 is 26.5 Å². The predicted octanol–water partition coefficient (Wildman–Crippen LogP) is 8.47. The fraction of sp³-hybridized carbons (Fsp3) is 0.500. The molecule has 0 bridgehead atoms. The van der Waals surface area contributed by atoms with Crippen molar-refractivity contribution in [3.63, 3.8) is 0 Å². The van der Waals surface area contributed by atoms with E-state index in [9.17, 15) is 4.39 Å². The summed E-state index contributed by atoms with van der Waals surface area (Å²) in [5.41, 5.74) is 6.22. The van der Waals surface area contributed by atoms with Gasteiger partial charge in [0.05, 0.1) is 11.5 Å². The molecule has 0 N–H and O–H groups in total. The average Bonchev–Trinajstić information content (AvgIpc) is 2.71. The lowest BCUT2D eigenvalue weighted by atomic mass is 9.96. The van der Waals surface area contributed by atoms with Gasteiger partial charge in [0, 0.05) is 4.91 Å². The molecule has 1 aliphatic rings. The van der Waals surface area contributed by atoms with E-state index in [1.807, 2.05) is 13.8 Å². The third-order valence-electron chi connectivity index (χ3n) is 6.04. The number of aryl methyl sites for hydroxylation is 2. The number of hydrogen-bond donors (Lipinski definition) is 0. The number of thioether (sulfide) groups is 1. The fourth-order valence-electron chi connectivity index (χ4n) is 3.87. The van der Waals surface area contributed by atoms with Gasteiger partial charge in [0.15, 0.2) is 0 Å². The van der Waals surface area contributed by atoms with Crippen molar-refractivity contribution in [3.05, 3.63) is 68.8 Å². The highest BCUT2D eigenvalue weighted by atomic mass is 32.2. The number of rotatable bonds is 9. The molecule has 0 heterocycles. The second-order valence-corrected chi connectivity index (χ2v) is 10.4. The highest BCUT2D eigenvalue weighted by Crippen LogP contribution is 2.33. The first-order valence-corrected chi connectivity index (χ1v) is 12.4. The molecule has 1 aliphatic carbocycles. The molecule has 0 aromatic heterocycles. The maximum absolute atomic E-state index is 13.9. The van der Waals surface area contributed by atoms with Gasteiger partial charge in [-0.3, -0.25) is 4.99 Å². The second kappa shape index (κ2) is 12.0. The Morgan fingerprint density at radius 3 is 2.50 bits per heavy atom. The first-order chi connectivity index (χ1) is 14.2. The molecule has 0 aliphatic heterocycles. The highest BCUT2D eigenvalue weighted by molar-refractivity contribution is 8.08. The summed E-state index contributed by atoms with van der Waals surface area (Å²) in [5.74, 6) is -0.103. The van der Waals surface area contributed by atoms with Crippen LogP contribution in [0.4, 0.5) is 4.39 Å². The van der Waals surface area contributed by atoms with E-state index >= 15 is 0 Å². The molecule has 1 aromatic rings. The van der Waals surface area contributed by atoms with Gasteiger partial charge in [-0.15, -0.1) is 0 Å². The SMILES string of the molecule is C=C(S/C(C)=C(\C)C(=C)CCCc1cc(C)cc(F)c1C)C(P)=NC1CCCCC1. The Hall–Kier alpha value is -1.18. The van der Waals surface area contributed by atoms with Crippen LogP contribution in [0.15, 0.2) is 51.2 Å². The molecule has 0 amide bonds. The van der Waals surface area contributed by atoms with Crippen LogP contribution in [0.1, 0.15) is 75.5 Å². The van der Waals surface area contributed by atoms with Crippen LogP contribution in [0.5, 0.6) is 0 Å². The molecule has 1 nitrogen and oxygen atoms in total.